The van der Waals surface area contributed by atoms with E-state index in [1.165, 1.54) is 44.5 Å². The molecule has 1 aliphatic carbocycles. The molecule has 0 atom stereocenters. The fourth-order valence-electron chi connectivity index (χ4n) is 1.71. The van der Waals surface area contributed by atoms with Crippen LogP contribution < -0.4 is 5.32 Å². The summed E-state index contributed by atoms with van der Waals surface area (Å²) in [7, 11) is 1.79. The summed E-state index contributed by atoms with van der Waals surface area (Å²) >= 11 is 1.93. The Morgan fingerprint density at radius 1 is 1.43 bits per heavy atom. The number of hydrogen-bond acceptors (Lipinski definition) is 3. The topological polar surface area (TPSA) is 21.3 Å². The van der Waals surface area contributed by atoms with Crippen molar-refractivity contribution < 1.29 is 4.74 Å². The average molecular weight is 217 g/mol. The normalized spacial score (nSPS) is 18.4. The number of hydrogen-bond donors (Lipinski definition) is 1. The largest absolute Gasteiger partial charge is 0.385 e. The van der Waals surface area contributed by atoms with Gasteiger partial charge in [0.25, 0.3) is 0 Å². The molecule has 0 bridgehead atoms. The van der Waals surface area contributed by atoms with Crippen LogP contribution in [0.5, 0.6) is 0 Å². The molecule has 0 aromatic heterocycles. The van der Waals surface area contributed by atoms with Crippen molar-refractivity contribution >= 4 is 11.8 Å². The third kappa shape index (κ3) is 4.67. The van der Waals surface area contributed by atoms with E-state index in [0.717, 1.165) is 6.61 Å². The van der Waals surface area contributed by atoms with E-state index in [1.54, 1.807) is 7.11 Å². The summed E-state index contributed by atoms with van der Waals surface area (Å²) in [5.74, 6) is 1.28. The molecule has 0 unspecified atom stereocenters. The molecule has 0 heterocycles. The van der Waals surface area contributed by atoms with E-state index in [-0.39, 0.29) is 0 Å². The van der Waals surface area contributed by atoms with Crippen molar-refractivity contribution in [1.29, 1.82) is 0 Å². The van der Waals surface area contributed by atoms with Gasteiger partial charge in [0.15, 0.2) is 0 Å². The Balaban J connectivity index is 1.94. The quantitative estimate of drug-likeness (QED) is 0.598. The zero-order valence-electron chi connectivity index (χ0n) is 9.47. The highest BCUT2D eigenvalue weighted by atomic mass is 32.2. The van der Waals surface area contributed by atoms with Crippen LogP contribution in [0.15, 0.2) is 0 Å². The van der Waals surface area contributed by atoms with Crippen LogP contribution in [-0.4, -0.2) is 38.8 Å². The van der Waals surface area contributed by atoms with Gasteiger partial charge in [-0.2, -0.15) is 11.8 Å². The van der Waals surface area contributed by atoms with Gasteiger partial charge in [-0.3, -0.25) is 0 Å². The fourth-order valence-corrected chi connectivity index (χ4v) is 2.14. The molecule has 0 aliphatic heterocycles. The predicted octanol–water partition coefficient (Wildman–Crippen LogP) is 2.15. The van der Waals surface area contributed by atoms with Gasteiger partial charge in [0.2, 0.25) is 0 Å². The van der Waals surface area contributed by atoms with Gasteiger partial charge in [0.05, 0.1) is 0 Å². The summed E-state index contributed by atoms with van der Waals surface area (Å²) in [4.78, 5) is 0. The lowest BCUT2D eigenvalue weighted by Crippen LogP contribution is -2.26. The Kier molecular flexibility index (Phi) is 5.90. The molecule has 0 radical (unpaired) electrons. The van der Waals surface area contributed by atoms with Gasteiger partial charge < -0.3 is 10.1 Å². The van der Waals surface area contributed by atoms with Gasteiger partial charge in [0.1, 0.15) is 0 Å². The summed E-state index contributed by atoms with van der Waals surface area (Å²) < 4.78 is 5.13. The second-order valence-electron chi connectivity index (χ2n) is 4.27. The van der Waals surface area contributed by atoms with Crippen LogP contribution in [0.2, 0.25) is 0 Å². The van der Waals surface area contributed by atoms with Crippen LogP contribution in [0.4, 0.5) is 0 Å². The molecule has 14 heavy (non-hydrogen) atoms. The van der Waals surface area contributed by atoms with E-state index in [0.29, 0.717) is 5.41 Å². The van der Waals surface area contributed by atoms with E-state index < -0.39 is 0 Å². The van der Waals surface area contributed by atoms with Gasteiger partial charge in [-0.1, -0.05) is 0 Å². The Morgan fingerprint density at radius 3 is 2.79 bits per heavy atom. The maximum absolute atomic E-state index is 5.13. The van der Waals surface area contributed by atoms with E-state index in [1.807, 2.05) is 11.8 Å². The highest BCUT2D eigenvalue weighted by Gasteiger charge is 2.41. The summed E-state index contributed by atoms with van der Waals surface area (Å²) in [5.41, 5.74) is 0.607. The van der Waals surface area contributed by atoms with Crippen molar-refractivity contribution in [2.45, 2.75) is 25.7 Å². The summed E-state index contributed by atoms with van der Waals surface area (Å²) in [6.45, 7) is 3.30. The molecule has 1 aliphatic rings. The highest BCUT2D eigenvalue weighted by molar-refractivity contribution is 7.98. The maximum Gasteiger partial charge on any atom is 0.0468 e. The van der Waals surface area contributed by atoms with Gasteiger partial charge >= 0.3 is 0 Å². The monoisotopic (exact) mass is 217 g/mol. The molecule has 1 fully saturated rings. The third-order valence-corrected chi connectivity index (χ3v) is 3.69. The molecule has 1 saturated carbocycles. The molecule has 3 heteroatoms. The highest BCUT2D eigenvalue weighted by Crippen LogP contribution is 2.48. The van der Waals surface area contributed by atoms with E-state index in [4.69, 9.17) is 4.74 Å². The Bertz CT molecular complexity index is 148. The number of ether oxygens (including phenoxy) is 1. The van der Waals surface area contributed by atoms with E-state index in [9.17, 15) is 0 Å². The standard InChI is InChI=1S/C11H23NOS/c1-13-8-6-11(4-5-11)10-12-7-3-9-14-2/h12H,3-10H2,1-2H3. The molecule has 0 amide bonds. The van der Waals surface area contributed by atoms with E-state index >= 15 is 0 Å². The number of thioether (sulfide) groups is 1. The zero-order chi connectivity index (χ0) is 10.3. The summed E-state index contributed by atoms with van der Waals surface area (Å²) in [6.07, 6.45) is 7.49. The van der Waals surface area contributed by atoms with Crippen molar-refractivity contribution in [3.63, 3.8) is 0 Å². The SMILES string of the molecule is COCCC1(CNCCCSC)CC1. The Labute approximate surface area is 92.2 Å². The van der Waals surface area contributed by atoms with Gasteiger partial charge in [-0.05, 0) is 49.7 Å². The number of methoxy groups -OCH3 is 1. The first-order valence-corrected chi connectivity index (χ1v) is 6.91. The van der Waals surface area contributed by atoms with Gasteiger partial charge in [0, 0.05) is 20.3 Å². The molecule has 0 aromatic rings. The first-order chi connectivity index (χ1) is 6.83. The first kappa shape index (κ1) is 12.3. The van der Waals surface area contributed by atoms with Crippen LogP contribution in [-0.2, 0) is 4.74 Å². The second-order valence-corrected chi connectivity index (χ2v) is 5.25. The summed E-state index contributed by atoms with van der Waals surface area (Å²) in [6, 6.07) is 0. The Morgan fingerprint density at radius 2 is 2.21 bits per heavy atom. The Hall–Kier alpha value is 0.270. The minimum atomic E-state index is 0.607. The van der Waals surface area contributed by atoms with Gasteiger partial charge in [-0.25, -0.2) is 0 Å². The first-order valence-electron chi connectivity index (χ1n) is 5.52. The van der Waals surface area contributed by atoms with Crippen molar-refractivity contribution in [1.82, 2.24) is 5.32 Å². The number of rotatable bonds is 9. The van der Waals surface area contributed by atoms with Crippen LogP contribution in [0.3, 0.4) is 0 Å². The molecule has 84 valence electrons. The molecular weight excluding hydrogens is 194 g/mol. The van der Waals surface area contributed by atoms with Crippen molar-refractivity contribution in [2.24, 2.45) is 5.41 Å². The zero-order valence-corrected chi connectivity index (χ0v) is 10.3. The lowest BCUT2D eigenvalue weighted by Gasteiger charge is -2.15. The van der Waals surface area contributed by atoms with Crippen LogP contribution in [0.1, 0.15) is 25.7 Å². The lowest BCUT2D eigenvalue weighted by molar-refractivity contribution is 0.171. The second kappa shape index (κ2) is 6.70. The van der Waals surface area contributed by atoms with E-state index in [2.05, 4.69) is 11.6 Å². The summed E-state index contributed by atoms with van der Waals surface area (Å²) in [5, 5.41) is 3.56. The minimum Gasteiger partial charge on any atom is -0.385 e. The van der Waals surface area contributed by atoms with Crippen molar-refractivity contribution in [3.8, 4) is 0 Å². The predicted molar refractivity (Wildman–Crippen MR) is 64.0 cm³/mol. The molecule has 2 nitrogen and oxygen atoms in total. The average Bonchev–Trinajstić information content (AvgIpc) is 2.96. The molecule has 0 spiro atoms. The minimum absolute atomic E-state index is 0.607. The fraction of sp³-hybridized carbons (Fsp3) is 1.00. The smallest absolute Gasteiger partial charge is 0.0468 e. The lowest BCUT2D eigenvalue weighted by atomic mass is 10.0. The molecule has 1 rings (SSSR count). The maximum atomic E-state index is 5.13. The van der Waals surface area contributed by atoms with Crippen LogP contribution >= 0.6 is 11.8 Å². The molecule has 0 saturated heterocycles. The van der Waals surface area contributed by atoms with Crippen LogP contribution in [0.25, 0.3) is 0 Å². The van der Waals surface area contributed by atoms with Crippen molar-refractivity contribution in [2.75, 3.05) is 38.8 Å². The molecule has 1 N–H and O–H groups in total. The molecule has 0 aromatic carbocycles. The van der Waals surface area contributed by atoms with Gasteiger partial charge in [-0.15, -0.1) is 0 Å². The molecular formula is C11H23NOS. The third-order valence-electron chi connectivity index (χ3n) is 3.00. The van der Waals surface area contributed by atoms with Crippen molar-refractivity contribution in [3.05, 3.63) is 0 Å². The number of nitrogens with one attached hydrogen (secondary N) is 1. The van der Waals surface area contributed by atoms with Crippen LogP contribution in [0, 0.1) is 5.41 Å².